The first-order valence-electron chi connectivity index (χ1n) is 11.8. The van der Waals surface area contributed by atoms with Crippen LogP contribution in [0.2, 0.25) is 0 Å². The molecule has 3 amide bonds. The summed E-state index contributed by atoms with van der Waals surface area (Å²) in [4.78, 5) is 29.1. The zero-order chi connectivity index (χ0) is 27.3. The van der Waals surface area contributed by atoms with Crippen LogP contribution in [0.1, 0.15) is 26.5 Å². The van der Waals surface area contributed by atoms with E-state index in [0.29, 0.717) is 28.8 Å². The van der Waals surface area contributed by atoms with Gasteiger partial charge in [0, 0.05) is 35.6 Å². The highest BCUT2D eigenvalue weighted by molar-refractivity contribution is 7.98. The number of amides is 3. The van der Waals surface area contributed by atoms with E-state index in [4.69, 9.17) is 9.84 Å². The van der Waals surface area contributed by atoms with Gasteiger partial charge in [-0.05, 0) is 42.7 Å². The number of nitrogens with one attached hydrogen (secondary N) is 3. The SMILES string of the molecule is [CH2]C(=O)Nc1cc(Oc2ccc(NC(=O)Nc3cc(C(C)(C)C)nn3-c3ccccc3)c(SC)c2)ccn1. The summed E-state index contributed by atoms with van der Waals surface area (Å²) in [5.74, 6) is 1.50. The lowest BCUT2D eigenvalue weighted by molar-refractivity contribution is -0.112. The quantitative estimate of drug-likeness (QED) is 0.236. The molecule has 195 valence electrons. The molecule has 3 N–H and O–H groups in total. The Morgan fingerprint density at radius 3 is 2.37 bits per heavy atom. The van der Waals surface area contributed by atoms with Crippen molar-refractivity contribution in [3.63, 3.8) is 0 Å². The van der Waals surface area contributed by atoms with Gasteiger partial charge in [0.15, 0.2) is 0 Å². The molecule has 0 aliphatic heterocycles. The van der Waals surface area contributed by atoms with Gasteiger partial charge in [0.2, 0.25) is 5.91 Å². The van der Waals surface area contributed by atoms with Crippen molar-refractivity contribution in [1.29, 1.82) is 0 Å². The Hall–Kier alpha value is -4.31. The molecule has 2 heterocycles. The first-order valence-corrected chi connectivity index (χ1v) is 13.0. The van der Waals surface area contributed by atoms with Crippen molar-refractivity contribution < 1.29 is 14.3 Å². The first kappa shape index (κ1) is 26.7. The van der Waals surface area contributed by atoms with E-state index in [2.05, 4.69) is 48.6 Å². The lowest BCUT2D eigenvalue weighted by Crippen LogP contribution is -2.21. The zero-order valence-corrected chi connectivity index (χ0v) is 22.4. The third-order valence-corrected chi connectivity index (χ3v) is 6.15. The molecule has 0 fully saturated rings. The Bertz CT molecular complexity index is 1450. The van der Waals surface area contributed by atoms with Gasteiger partial charge in [0.05, 0.1) is 17.1 Å². The third kappa shape index (κ3) is 6.71. The summed E-state index contributed by atoms with van der Waals surface area (Å²) in [6, 6.07) is 19.8. The molecule has 0 atom stereocenters. The van der Waals surface area contributed by atoms with Crippen LogP contribution in [-0.2, 0) is 10.2 Å². The van der Waals surface area contributed by atoms with Crippen LogP contribution in [0.5, 0.6) is 11.5 Å². The molecule has 0 saturated heterocycles. The van der Waals surface area contributed by atoms with Crippen molar-refractivity contribution in [2.24, 2.45) is 0 Å². The lowest BCUT2D eigenvalue weighted by atomic mass is 9.92. The number of thioether (sulfide) groups is 1. The predicted octanol–water partition coefficient (Wildman–Crippen LogP) is 6.50. The second kappa shape index (κ2) is 11.4. The highest BCUT2D eigenvalue weighted by Crippen LogP contribution is 2.33. The molecule has 0 bridgehead atoms. The topological polar surface area (TPSA) is 110 Å². The summed E-state index contributed by atoms with van der Waals surface area (Å²) in [7, 11) is 0. The fraction of sp³-hybridized carbons (Fsp3) is 0.179. The van der Waals surface area contributed by atoms with E-state index in [1.165, 1.54) is 18.0 Å². The number of anilines is 3. The van der Waals surface area contributed by atoms with Crippen LogP contribution in [0.4, 0.5) is 22.1 Å². The molecule has 1 radical (unpaired) electrons. The molecular weight excluding hydrogens is 500 g/mol. The molecule has 9 nitrogen and oxygen atoms in total. The summed E-state index contributed by atoms with van der Waals surface area (Å²) in [5, 5.41) is 13.1. The normalized spacial score (nSPS) is 11.1. The van der Waals surface area contributed by atoms with E-state index in [1.54, 1.807) is 28.9 Å². The number of para-hydroxylation sites is 1. The van der Waals surface area contributed by atoms with Gasteiger partial charge in [-0.2, -0.15) is 5.10 Å². The lowest BCUT2D eigenvalue weighted by Gasteiger charge is -2.14. The molecule has 2 aromatic carbocycles. The number of nitrogens with zero attached hydrogens (tertiary/aromatic N) is 3. The molecule has 10 heteroatoms. The predicted molar refractivity (Wildman–Crippen MR) is 151 cm³/mol. The summed E-state index contributed by atoms with van der Waals surface area (Å²) >= 11 is 1.47. The first-order chi connectivity index (χ1) is 18.1. The van der Waals surface area contributed by atoms with Crippen LogP contribution in [0.3, 0.4) is 0 Å². The Kier molecular flexibility index (Phi) is 8.02. The summed E-state index contributed by atoms with van der Waals surface area (Å²) in [6.45, 7) is 9.51. The smallest absolute Gasteiger partial charge is 0.324 e. The highest BCUT2D eigenvalue weighted by Gasteiger charge is 2.22. The van der Waals surface area contributed by atoms with Gasteiger partial charge in [0.1, 0.15) is 23.1 Å². The number of benzene rings is 2. The highest BCUT2D eigenvalue weighted by atomic mass is 32.2. The van der Waals surface area contributed by atoms with Gasteiger partial charge in [-0.1, -0.05) is 39.0 Å². The standard InChI is InChI=1S/C28H29N6O3S/c1-18(35)30-25-16-21(13-14-29-25)37-20-11-12-22(23(15-20)38-5)31-27(36)32-26-17-24(28(2,3)4)33-34(26)19-9-7-6-8-10-19/h6-17H,1H2,2-5H3,(H,29,30,35)(H2,31,32,36). The number of ether oxygens (including phenoxy) is 1. The second-order valence-corrected chi connectivity index (χ2v) is 10.2. The van der Waals surface area contributed by atoms with Gasteiger partial charge in [-0.25, -0.2) is 14.5 Å². The molecule has 38 heavy (non-hydrogen) atoms. The van der Waals surface area contributed by atoms with E-state index in [-0.39, 0.29) is 5.41 Å². The maximum Gasteiger partial charge on any atom is 0.324 e. The average molecular weight is 530 g/mol. The second-order valence-electron chi connectivity index (χ2n) is 9.38. The van der Waals surface area contributed by atoms with Crippen molar-refractivity contribution >= 4 is 41.0 Å². The maximum absolute atomic E-state index is 13.0. The van der Waals surface area contributed by atoms with E-state index < -0.39 is 11.9 Å². The van der Waals surface area contributed by atoms with Crippen LogP contribution < -0.4 is 20.7 Å². The molecule has 0 aliphatic carbocycles. The average Bonchev–Trinajstić information content (AvgIpc) is 3.29. The van der Waals surface area contributed by atoms with Gasteiger partial charge in [-0.3, -0.25) is 10.1 Å². The van der Waals surface area contributed by atoms with Crippen LogP contribution in [0.25, 0.3) is 5.69 Å². The Morgan fingerprint density at radius 1 is 0.947 bits per heavy atom. The number of carbonyl (C=O) groups excluding carboxylic acids is 2. The fourth-order valence-electron chi connectivity index (χ4n) is 3.53. The molecule has 0 spiro atoms. The van der Waals surface area contributed by atoms with Gasteiger partial charge < -0.3 is 15.4 Å². The van der Waals surface area contributed by atoms with Crippen LogP contribution in [0, 0.1) is 6.92 Å². The van der Waals surface area contributed by atoms with Crippen molar-refractivity contribution in [1.82, 2.24) is 14.8 Å². The molecule has 0 unspecified atom stereocenters. The van der Waals surface area contributed by atoms with Crippen molar-refractivity contribution in [2.75, 3.05) is 22.2 Å². The Morgan fingerprint density at radius 2 is 1.68 bits per heavy atom. The molecular formula is C28H29N6O3S. The van der Waals surface area contributed by atoms with Crippen molar-refractivity contribution in [2.45, 2.75) is 31.1 Å². The summed E-state index contributed by atoms with van der Waals surface area (Å²) < 4.78 is 7.66. The van der Waals surface area contributed by atoms with Gasteiger partial charge in [0.25, 0.3) is 0 Å². The van der Waals surface area contributed by atoms with E-state index in [0.717, 1.165) is 16.3 Å². The molecule has 4 rings (SSSR count). The number of aromatic nitrogens is 3. The van der Waals surface area contributed by atoms with Crippen LogP contribution in [-0.4, -0.2) is 33.0 Å². The number of carbonyl (C=O) groups is 2. The van der Waals surface area contributed by atoms with E-state index in [1.807, 2.05) is 48.7 Å². The monoisotopic (exact) mass is 529 g/mol. The van der Waals surface area contributed by atoms with Crippen LogP contribution >= 0.6 is 11.8 Å². The number of rotatable bonds is 7. The zero-order valence-electron chi connectivity index (χ0n) is 21.6. The third-order valence-electron chi connectivity index (χ3n) is 5.38. The van der Waals surface area contributed by atoms with E-state index >= 15 is 0 Å². The van der Waals surface area contributed by atoms with E-state index in [9.17, 15) is 9.59 Å². The molecule has 0 saturated carbocycles. The Labute approximate surface area is 226 Å². The minimum atomic E-state index is -0.463. The molecule has 4 aromatic rings. The number of hydrogen-bond acceptors (Lipinski definition) is 6. The maximum atomic E-state index is 13.0. The minimum absolute atomic E-state index is 0.191. The van der Waals surface area contributed by atoms with Gasteiger partial charge in [-0.15, -0.1) is 11.8 Å². The van der Waals surface area contributed by atoms with Crippen molar-refractivity contribution in [3.8, 4) is 17.2 Å². The van der Waals surface area contributed by atoms with Crippen molar-refractivity contribution in [3.05, 3.63) is 85.5 Å². The number of pyridine rings is 1. The number of urea groups is 1. The fourth-order valence-corrected chi connectivity index (χ4v) is 4.11. The Balaban J connectivity index is 1.51. The van der Waals surface area contributed by atoms with Crippen LogP contribution in [0.15, 0.2) is 77.8 Å². The summed E-state index contributed by atoms with van der Waals surface area (Å²) in [5.41, 5.74) is 2.14. The summed E-state index contributed by atoms with van der Waals surface area (Å²) in [6.07, 6.45) is 3.44. The minimum Gasteiger partial charge on any atom is -0.457 e. The largest absolute Gasteiger partial charge is 0.457 e. The molecule has 0 aliphatic rings. The van der Waals surface area contributed by atoms with Gasteiger partial charge >= 0.3 is 6.03 Å². The molecule has 2 aromatic heterocycles. The number of hydrogen-bond donors (Lipinski definition) is 3.